The monoisotopic (exact) mass is 458 g/mol. The zero-order chi connectivity index (χ0) is 25.0. The normalized spacial score (nSPS) is 19.0. The van der Waals surface area contributed by atoms with Gasteiger partial charge in [-0.2, -0.15) is 0 Å². The number of rotatable bonds is 12. The van der Waals surface area contributed by atoms with Crippen molar-refractivity contribution in [3.63, 3.8) is 0 Å². The van der Waals surface area contributed by atoms with Gasteiger partial charge >= 0.3 is 0 Å². The van der Waals surface area contributed by atoms with Crippen LogP contribution in [0.25, 0.3) is 0 Å². The van der Waals surface area contributed by atoms with Gasteiger partial charge in [0.2, 0.25) is 0 Å². The predicted molar refractivity (Wildman–Crippen MR) is 144 cm³/mol. The van der Waals surface area contributed by atoms with Crippen LogP contribution in [0.3, 0.4) is 0 Å². The van der Waals surface area contributed by atoms with Gasteiger partial charge in [0.1, 0.15) is 17.1 Å². The molecule has 1 aliphatic rings. The minimum Gasteiger partial charge on any atom is -0.507 e. The van der Waals surface area contributed by atoms with Crippen LogP contribution in [0.4, 0.5) is 0 Å². The number of aromatic hydroxyl groups is 1. The van der Waals surface area contributed by atoms with E-state index in [9.17, 15) is 5.11 Å². The van der Waals surface area contributed by atoms with E-state index in [0.29, 0.717) is 16.6 Å². The summed E-state index contributed by atoms with van der Waals surface area (Å²) in [5, 5.41) is 10.4. The molecule has 0 fully saturated rings. The van der Waals surface area contributed by atoms with Crippen molar-refractivity contribution < 1.29 is 9.84 Å². The second-order valence-electron chi connectivity index (χ2n) is 13.4. The number of benzene rings is 1. The number of phenols is 1. The van der Waals surface area contributed by atoms with Crippen LogP contribution in [0.15, 0.2) is 0 Å². The fourth-order valence-electron chi connectivity index (χ4n) is 5.70. The Bertz CT molecular complexity index is 787. The molecule has 0 amide bonds. The van der Waals surface area contributed by atoms with Gasteiger partial charge in [-0.3, -0.25) is 0 Å². The third-order valence-corrected chi connectivity index (χ3v) is 8.49. The molecular weight excluding hydrogens is 404 g/mol. The Hall–Kier alpha value is -1.18. The highest BCUT2D eigenvalue weighted by molar-refractivity contribution is 5.58. The molecule has 0 saturated carbocycles. The first-order valence-corrected chi connectivity index (χ1v) is 13.7. The summed E-state index contributed by atoms with van der Waals surface area (Å²) in [6, 6.07) is 0. The van der Waals surface area contributed by atoms with Crippen LogP contribution in [0.5, 0.6) is 11.5 Å². The topological polar surface area (TPSA) is 29.5 Å². The largest absolute Gasteiger partial charge is 0.507 e. The van der Waals surface area contributed by atoms with Crippen molar-refractivity contribution in [1.29, 1.82) is 0 Å². The Kier molecular flexibility index (Phi) is 9.39. The lowest BCUT2D eigenvalue weighted by Gasteiger charge is -2.39. The van der Waals surface area contributed by atoms with Gasteiger partial charge < -0.3 is 9.84 Å². The summed E-state index contributed by atoms with van der Waals surface area (Å²) in [7, 11) is 0. The Balaban J connectivity index is 1.83. The van der Waals surface area contributed by atoms with Gasteiger partial charge in [-0.1, -0.05) is 60.8 Å². The summed E-state index contributed by atoms with van der Waals surface area (Å²) in [6.07, 6.45) is 13.7. The van der Waals surface area contributed by atoms with Crippen molar-refractivity contribution in [2.24, 2.45) is 16.7 Å². The van der Waals surface area contributed by atoms with Crippen LogP contribution in [-0.4, -0.2) is 10.7 Å². The molecule has 190 valence electrons. The summed E-state index contributed by atoms with van der Waals surface area (Å²) in [6.45, 7) is 22.9. The van der Waals surface area contributed by atoms with Crippen LogP contribution >= 0.6 is 0 Å². The highest BCUT2D eigenvalue weighted by Crippen LogP contribution is 2.45. The van der Waals surface area contributed by atoms with Crippen LogP contribution in [0, 0.1) is 37.5 Å². The Morgan fingerprint density at radius 3 is 1.97 bits per heavy atom. The van der Waals surface area contributed by atoms with Crippen molar-refractivity contribution >= 4 is 0 Å². The molecule has 2 nitrogen and oxygen atoms in total. The van der Waals surface area contributed by atoms with Crippen molar-refractivity contribution in [3.05, 3.63) is 22.3 Å². The molecule has 0 aliphatic carbocycles. The first kappa shape index (κ1) is 28.1. The standard InChI is InChI=1S/C31H54O2/c1-22(2)14-11-16-29(6,7)17-12-18-30(8,9)19-13-20-31(10)21-15-26-25(5)27(32)23(3)24(4)28(26)33-31/h22,32H,11-21H2,1-10H3/t31-/m1/s1. The summed E-state index contributed by atoms with van der Waals surface area (Å²) >= 11 is 0. The highest BCUT2D eigenvalue weighted by atomic mass is 16.5. The van der Waals surface area contributed by atoms with E-state index in [0.717, 1.165) is 47.6 Å². The lowest BCUT2D eigenvalue weighted by Crippen LogP contribution is -2.37. The molecule has 1 aliphatic heterocycles. The summed E-state index contributed by atoms with van der Waals surface area (Å²) in [4.78, 5) is 0. The van der Waals surface area contributed by atoms with E-state index >= 15 is 0 Å². The minimum absolute atomic E-state index is 0.0951. The highest BCUT2D eigenvalue weighted by Gasteiger charge is 2.34. The molecule has 1 atom stereocenters. The third kappa shape index (κ3) is 7.93. The lowest BCUT2D eigenvalue weighted by molar-refractivity contribution is 0.0489. The molecule has 1 aromatic rings. The smallest absolute Gasteiger partial charge is 0.127 e. The van der Waals surface area contributed by atoms with E-state index in [4.69, 9.17) is 4.74 Å². The number of ether oxygens (including phenoxy) is 1. The number of hydrogen-bond donors (Lipinski definition) is 1. The average Bonchev–Trinajstić information content (AvgIpc) is 2.69. The molecule has 0 spiro atoms. The average molecular weight is 459 g/mol. The van der Waals surface area contributed by atoms with E-state index in [1.165, 1.54) is 56.9 Å². The summed E-state index contributed by atoms with van der Waals surface area (Å²) in [5.41, 5.74) is 5.06. The second kappa shape index (κ2) is 11.0. The fraction of sp³-hybridized carbons (Fsp3) is 0.806. The Morgan fingerprint density at radius 1 is 0.848 bits per heavy atom. The van der Waals surface area contributed by atoms with Crippen LogP contribution in [0.2, 0.25) is 0 Å². The van der Waals surface area contributed by atoms with E-state index < -0.39 is 0 Å². The number of phenolic OH excluding ortho intramolecular Hbond substituents is 1. The lowest BCUT2D eigenvalue weighted by atomic mass is 9.76. The molecule has 33 heavy (non-hydrogen) atoms. The van der Waals surface area contributed by atoms with E-state index in [1.807, 2.05) is 13.8 Å². The zero-order valence-corrected chi connectivity index (χ0v) is 23.7. The van der Waals surface area contributed by atoms with Gasteiger partial charge in [0.15, 0.2) is 0 Å². The van der Waals surface area contributed by atoms with Crippen molar-refractivity contribution in [2.45, 2.75) is 145 Å². The molecular formula is C31H54O2. The van der Waals surface area contributed by atoms with Gasteiger partial charge in [-0.15, -0.1) is 0 Å². The molecule has 2 rings (SSSR count). The summed E-state index contributed by atoms with van der Waals surface area (Å²) in [5.74, 6) is 2.31. The zero-order valence-electron chi connectivity index (χ0n) is 23.7. The maximum Gasteiger partial charge on any atom is 0.127 e. The number of fused-ring (bicyclic) bond motifs is 1. The SMILES string of the molecule is Cc1c(C)c2c(c(C)c1O)CC[C@@](C)(CCCC(C)(C)CCCC(C)(C)CCCC(C)C)O2. The van der Waals surface area contributed by atoms with Gasteiger partial charge in [-0.25, -0.2) is 0 Å². The third-order valence-electron chi connectivity index (χ3n) is 8.49. The fourth-order valence-corrected chi connectivity index (χ4v) is 5.70. The van der Waals surface area contributed by atoms with E-state index in [2.05, 4.69) is 55.4 Å². The first-order chi connectivity index (χ1) is 15.2. The molecule has 0 radical (unpaired) electrons. The van der Waals surface area contributed by atoms with Crippen molar-refractivity contribution in [3.8, 4) is 11.5 Å². The molecule has 2 heteroatoms. The van der Waals surface area contributed by atoms with Gasteiger partial charge in [0, 0.05) is 5.56 Å². The van der Waals surface area contributed by atoms with Crippen molar-refractivity contribution in [1.82, 2.24) is 0 Å². The molecule has 0 bridgehead atoms. The molecule has 0 saturated heterocycles. The predicted octanol–water partition coefficient (Wildman–Crippen LogP) is 9.62. The van der Waals surface area contributed by atoms with E-state index in [1.54, 1.807) is 0 Å². The maximum absolute atomic E-state index is 10.4. The van der Waals surface area contributed by atoms with Crippen molar-refractivity contribution in [2.75, 3.05) is 0 Å². The van der Waals surface area contributed by atoms with Gasteiger partial charge in [0.25, 0.3) is 0 Å². The molecule has 0 aromatic heterocycles. The van der Waals surface area contributed by atoms with E-state index in [-0.39, 0.29) is 5.60 Å². The van der Waals surface area contributed by atoms with Crippen LogP contribution < -0.4 is 4.74 Å². The number of hydrogen-bond acceptors (Lipinski definition) is 2. The maximum atomic E-state index is 10.4. The van der Waals surface area contributed by atoms with Gasteiger partial charge in [-0.05, 0) is 112 Å². The minimum atomic E-state index is -0.0951. The van der Waals surface area contributed by atoms with Crippen LogP contribution in [0.1, 0.15) is 135 Å². The molecule has 0 unspecified atom stereocenters. The Morgan fingerprint density at radius 2 is 1.39 bits per heavy atom. The van der Waals surface area contributed by atoms with Crippen LogP contribution in [-0.2, 0) is 6.42 Å². The molecule has 1 heterocycles. The summed E-state index contributed by atoms with van der Waals surface area (Å²) < 4.78 is 6.65. The Labute approximate surface area is 205 Å². The quantitative estimate of drug-likeness (QED) is 0.338. The first-order valence-electron chi connectivity index (χ1n) is 13.7. The van der Waals surface area contributed by atoms with Gasteiger partial charge in [0.05, 0.1) is 0 Å². The molecule has 1 aromatic carbocycles. The molecule has 1 N–H and O–H groups in total. The second-order valence-corrected chi connectivity index (χ2v) is 13.4.